The highest BCUT2D eigenvalue weighted by molar-refractivity contribution is 7.92. The van der Waals surface area contributed by atoms with E-state index in [2.05, 4.69) is 9.71 Å². The maximum absolute atomic E-state index is 13.1. The number of rotatable bonds is 7. The molecule has 1 heterocycles. The Balaban J connectivity index is 2.07. The third-order valence-corrected chi connectivity index (χ3v) is 5.97. The molecule has 3 aromatic rings. The number of fused-ring (bicyclic) bond motifs is 1. The van der Waals surface area contributed by atoms with Crippen molar-refractivity contribution in [2.24, 2.45) is 0 Å². The SMILES string of the molecule is O=S([O-])NCCN(c1cccc2[nH]ccc12)S(=O)(=O)c1ccccc1. The fourth-order valence-electron chi connectivity index (χ4n) is 2.61. The van der Waals surface area contributed by atoms with Crippen molar-refractivity contribution in [1.29, 1.82) is 0 Å². The Kier molecular flexibility index (Phi) is 5.19. The highest BCUT2D eigenvalue weighted by Crippen LogP contribution is 2.30. The van der Waals surface area contributed by atoms with Crippen molar-refractivity contribution in [3.8, 4) is 0 Å². The minimum Gasteiger partial charge on any atom is -0.760 e. The van der Waals surface area contributed by atoms with Gasteiger partial charge in [-0.05, 0) is 30.3 Å². The average molecular weight is 378 g/mol. The molecule has 3 rings (SSSR count). The van der Waals surface area contributed by atoms with E-state index in [-0.39, 0.29) is 18.0 Å². The standard InChI is InChI=1S/C16H17N3O4S2/c20-24(21)18-11-12-19(25(22,23)13-5-2-1-3-6-13)16-8-4-7-15-14(16)9-10-17-15/h1-10,17-18H,11-12H2,(H,20,21)/p-1. The number of nitrogens with zero attached hydrogens (tertiary/aromatic N) is 1. The fraction of sp³-hybridized carbons (Fsp3) is 0.125. The molecule has 0 amide bonds. The third-order valence-electron chi connectivity index (χ3n) is 3.71. The second-order valence-electron chi connectivity index (χ2n) is 5.24. The zero-order chi connectivity index (χ0) is 17.9. The van der Waals surface area contributed by atoms with E-state index in [4.69, 9.17) is 0 Å². The van der Waals surface area contributed by atoms with E-state index < -0.39 is 21.3 Å². The number of hydrogen-bond acceptors (Lipinski definition) is 4. The first kappa shape index (κ1) is 17.6. The van der Waals surface area contributed by atoms with Crippen molar-refractivity contribution >= 4 is 37.9 Å². The van der Waals surface area contributed by atoms with E-state index in [1.54, 1.807) is 42.6 Å². The number of H-pyrrole nitrogens is 1. The van der Waals surface area contributed by atoms with Crippen LogP contribution in [0.2, 0.25) is 0 Å². The molecule has 1 aromatic heterocycles. The summed E-state index contributed by atoms with van der Waals surface area (Å²) in [6, 6.07) is 15.1. The fourth-order valence-corrected chi connectivity index (χ4v) is 4.37. The van der Waals surface area contributed by atoms with Gasteiger partial charge < -0.3 is 9.54 Å². The molecule has 0 aliphatic heterocycles. The zero-order valence-corrected chi connectivity index (χ0v) is 14.7. The average Bonchev–Trinajstić information content (AvgIpc) is 3.08. The van der Waals surface area contributed by atoms with Gasteiger partial charge in [-0.15, -0.1) is 0 Å². The number of hydrogen-bond donors (Lipinski definition) is 2. The molecule has 0 bridgehead atoms. The smallest absolute Gasteiger partial charge is 0.264 e. The van der Waals surface area contributed by atoms with Crippen LogP contribution in [0.25, 0.3) is 10.9 Å². The first-order chi connectivity index (χ1) is 12.0. The molecule has 0 radical (unpaired) electrons. The van der Waals surface area contributed by atoms with Gasteiger partial charge in [0.2, 0.25) is 0 Å². The molecule has 1 atom stereocenters. The van der Waals surface area contributed by atoms with E-state index in [0.29, 0.717) is 5.69 Å². The molecule has 0 saturated carbocycles. The number of sulfonamides is 1. The summed E-state index contributed by atoms with van der Waals surface area (Å²) in [4.78, 5) is 3.19. The van der Waals surface area contributed by atoms with Gasteiger partial charge in [-0.2, -0.15) is 0 Å². The molecular weight excluding hydrogens is 362 g/mol. The van der Waals surface area contributed by atoms with Crippen molar-refractivity contribution in [2.75, 3.05) is 17.4 Å². The highest BCUT2D eigenvalue weighted by atomic mass is 32.2. The first-order valence-corrected chi connectivity index (χ1v) is 9.98. The van der Waals surface area contributed by atoms with Crippen molar-refractivity contribution in [3.05, 3.63) is 60.8 Å². The molecule has 2 aromatic carbocycles. The van der Waals surface area contributed by atoms with Crippen LogP contribution in [-0.2, 0) is 21.3 Å². The van der Waals surface area contributed by atoms with Gasteiger partial charge in [0.1, 0.15) is 0 Å². The van der Waals surface area contributed by atoms with E-state index in [1.807, 2.05) is 6.07 Å². The first-order valence-electron chi connectivity index (χ1n) is 7.47. The van der Waals surface area contributed by atoms with Crippen LogP contribution in [0.4, 0.5) is 5.69 Å². The van der Waals surface area contributed by atoms with Crippen LogP contribution in [0, 0.1) is 0 Å². The topological polar surface area (TPSA) is 105 Å². The number of anilines is 1. The Hall–Kier alpha value is -2.20. The van der Waals surface area contributed by atoms with Crippen molar-refractivity contribution in [2.45, 2.75) is 4.90 Å². The second-order valence-corrected chi connectivity index (χ2v) is 7.86. The van der Waals surface area contributed by atoms with Gasteiger partial charge >= 0.3 is 0 Å². The highest BCUT2D eigenvalue weighted by Gasteiger charge is 2.26. The Bertz CT molecular complexity index is 987. The zero-order valence-electron chi connectivity index (χ0n) is 13.1. The number of nitrogens with one attached hydrogen (secondary N) is 2. The molecule has 7 nitrogen and oxygen atoms in total. The molecule has 9 heteroatoms. The maximum Gasteiger partial charge on any atom is 0.264 e. The number of aromatic nitrogens is 1. The quantitative estimate of drug-likeness (QED) is 0.611. The lowest BCUT2D eigenvalue weighted by Gasteiger charge is -2.25. The molecule has 0 spiro atoms. The second kappa shape index (κ2) is 7.36. The van der Waals surface area contributed by atoms with Gasteiger partial charge in [0.15, 0.2) is 0 Å². The molecule has 2 N–H and O–H groups in total. The molecule has 0 fully saturated rings. The molecule has 0 aliphatic carbocycles. The van der Waals surface area contributed by atoms with Gasteiger partial charge in [0.25, 0.3) is 10.0 Å². The largest absolute Gasteiger partial charge is 0.760 e. The minimum absolute atomic E-state index is 0.0322. The predicted molar refractivity (Wildman–Crippen MR) is 96.2 cm³/mol. The van der Waals surface area contributed by atoms with Crippen molar-refractivity contribution < 1.29 is 17.2 Å². The summed E-state index contributed by atoms with van der Waals surface area (Å²) in [5.41, 5.74) is 1.28. The summed E-state index contributed by atoms with van der Waals surface area (Å²) in [6.45, 7) is -0.0709. The Labute approximate surface area is 148 Å². The maximum atomic E-state index is 13.1. The van der Waals surface area contributed by atoms with Crippen LogP contribution in [0.5, 0.6) is 0 Å². The van der Waals surface area contributed by atoms with Crippen LogP contribution >= 0.6 is 0 Å². The summed E-state index contributed by atoms with van der Waals surface area (Å²) in [5.74, 6) is 0. The summed E-state index contributed by atoms with van der Waals surface area (Å²) >= 11 is -2.46. The predicted octanol–water partition coefficient (Wildman–Crippen LogP) is 1.75. The lowest BCUT2D eigenvalue weighted by atomic mass is 10.2. The van der Waals surface area contributed by atoms with Crippen LogP contribution in [0.15, 0.2) is 65.7 Å². The molecule has 0 saturated heterocycles. The summed E-state index contributed by atoms with van der Waals surface area (Å²) in [6.07, 6.45) is 1.73. The molecule has 0 aliphatic rings. The van der Waals surface area contributed by atoms with E-state index in [0.717, 1.165) is 10.9 Å². The lowest BCUT2D eigenvalue weighted by Crippen LogP contribution is -2.37. The van der Waals surface area contributed by atoms with E-state index in [9.17, 15) is 17.2 Å². The van der Waals surface area contributed by atoms with Gasteiger partial charge in [0, 0.05) is 41.5 Å². The van der Waals surface area contributed by atoms with Gasteiger partial charge in [-0.1, -0.05) is 24.3 Å². The lowest BCUT2D eigenvalue weighted by molar-refractivity contribution is 0.523. The van der Waals surface area contributed by atoms with Crippen LogP contribution in [0.3, 0.4) is 0 Å². The number of aromatic amines is 1. The van der Waals surface area contributed by atoms with Gasteiger partial charge in [0.05, 0.1) is 10.6 Å². The molecular formula is C16H16N3O4S2-. The third kappa shape index (κ3) is 3.74. The Morgan fingerprint density at radius 3 is 2.56 bits per heavy atom. The van der Waals surface area contributed by atoms with Crippen molar-refractivity contribution in [1.82, 2.24) is 9.71 Å². The van der Waals surface area contributed by atoms with Gasteiger partial charge in [-0.25, -0.2) is 13.1 Å². The summed E-state index contributed by atoms with van der Waals surface area (Å²) in [5, 5.41) is 0.741. The van der Waals surface area contributed by atoms with E-state index in [1.165, 1.54) is 16.4 Å². The normalized spacial score (nSPS) is 13.0. The monoisotopic (exact) mass is 378 g/mol. The molecule has 25 heavy (non-hydrogen) atoms. The Morgan fingerprint density at radius 1 is 1.08 bits per heavy atom. The Morgan fingerprint density at radius 2 is 1.84 bits per heavy atom. The summed E-state index contributed by atoms with van der Waals surface area (Å²) < 4.78 is 51.1. The van der Waals surface area contributed by atoms with Crippen LogP contribution in [-0.4, -0.2) is 35.3 Å². The number of benzene rings is 2. The van der Waals surface area contributed by atoms with E-state index >= 15 is 0 Å². The minimum atomic E-state index is -3.84. The molecule has 132 valence electrons. The van der Waals surface area contributed by atoms with Crippen LogP contribution in [0.1, 0.15) is 0 Å². The molecule has 1 unspecified atom stereocenters. The van der Waals surface area contributed by atoms with Crippen LogP contribution < -0.4 is 9.03 Å². The van der Waals surface area contributed by atoms with Crippen molar-refractivity contribution in [3.63, 3.8) is 0 Å². The summed E-state index contributed by atoms with van der Waals surface area (Å²) in [7, 11) is -3.84. The van der Waals surface area contributed by atoms with Gasteiger partial charge in [-0.3, -0.25) is 8.51 Å².